The second kappa shape index (κ2) is 3.53. The summed E-state index contributed by atoms with van der Waals surface area (Å²) in [7, 11) is -3.19. The third kappa shape index (κ3) is 1.84. The van der Waals surface area contributed by atoms with Crippen LogP contribution in [-0.2, 0) is 9.84 Å². The standard InChI is InChI=1S/C7H8BrNO2S/c1-2-12(10,11)7-6(8)4-3-5-9-7/h3-5H,2H2,1H3. The van der Waals surface area contributed by atoms with Gasteiger partial charge in [-0.2, -0.15) is 0 Å². The van der Waals surface area contributed by atoms with Crippen molar-refractivity contribution in [3.63, 3.8) is 0 Å². The molecule has 1 aromatic heterocycles. The minimum atomic E-state index is -3.19. The van der Waals surface area contributed by atoms with Crippen LogP contribution in [0.15, 0.2) is 27.8 Å². The van der Waals surface area contributed by atoms with E-state index in [0.717, 1.165) is 0 Å². The van der Waals surface area contributed by atoms with Crippen LogP contribution >= 0.6 is 15.9 Å². The highest BCUT2D eigenvalue weighted by Crippen LogP contribution is 2.19. The second-order valence-electron chi connectivity index (χ2n) is 2.19. The lowest BCUT2D eigenvalue weighted by molar-refractivity contribution is 0.593. The van der Waals surface area contributed by atoms with Crippen molar-refractivity contribution in [2.45, 2.75) is 11.9 Å². The van der Waals surface area contributed by atoms with Crippen LogP contribution in [0.25, 0.3) is 0 Å². The molecule has 3 nitrogen and oxygen atoms in total. The van der Waals surface area contributed by atoms with E-state index < -0.39 is 9.84 Å². The van der Waals surface area contributed by atoms with Gasteiger partial charge in [0, 0.05) is 6.20 Å². The van der Waals surface area contributed by atoms with Crippen molar-refractivity contribution in [1.82, 2.24) is 4.98 Å². The Kier molecular flexibility index (Phi) is 2.85. The first-order valence-corrected chi connectivity index (χ1v) is 5.85. The summed E-state index contributed by atoms with van der Waals surface area (Å²) in [5.74, 6) is 0.0720. The van der Waals surface area contributed by atoms with Crippen LogP contribution in [0.4, 0.5) is 0 Å². The van der Waals surface area contributed by atoms with Gasteiger partial charge in [-0.05, 0) is 28.1 Å². The van der Waals surface area contributed by atoms with Gasteiger partial charge < -0.3 is 0 Å². The van der Waals surface area contributed by atoms with Crippen molar-refractivity contribution in [2.75, 3.05) is 5.75 Å². The van der Waals surface area contributed by atoms with Crippen LogP contribution in [0, 0.1) is 0 Å². The summed E-state index contributed by atoms with van der Waals surface area (Å²) in [6, 6.07) is 3.34. The fourth-order valence-corrected chi connectivity index (χ4v) is 2.59. The summed E-state index contributed by atoms with van der Waals surface area (Å²) < 4.78 is 23.2. The number of rotatable bonds is 2. The van der Waals surface area contributed by atoms with Gasteiger partial charge in [-0.25, -0.2) is 13.4 Å². The first-order valence-electron chi connectivity index (χ1n) is 3.41. The Hall–Kier alpha value is -0.420. The van der Waals surface area contributed by atoms with E-state index in [1.807, 2.05) is 0 Å². The second-order valence-corrected chi connectivity index (χ2v) is 5.24. The number of hydrogen-bond acceptors (Lipinski definition) is 3. The van der Waals surface area contributed by atoms with Crippen LogP contribution in [0.3, 0.4) is 0 Å². The molecule has 0 saturated carbocycles. The van der Waals surface area contributed by atoms with E-state index in [1.54, 1.807) is 19.1 Å². The van der Waals surface area contributed by atoms with Gasteiger partial charge in [-0.15, -0.1) is 0 Å². The summed E-state index contributed by atoms with van der Waals surface area (Å²) in [5.41, 5.74) is 0. The summed E-state index contributed by atoms with van der Waals surface area (Å²) in [4.78, 5) is 3.79. The molecular formula is C7H8BrNO2S. The topological polar surface area (TPSA) is 47.0 Å². The van der Waals surface area contributed by atoms with Gasteiger partial charge in [-0.1, -0.05) is 6.92 Å². The molecule has 0 spiro atoms. The van der Waals surface area contributed by atoms with Crippen LogP contribution < -0.4 is 0 Å². The molecule has 1 aromatic rings. The molecule has 1 heterocycles. The number of nitrogens with zero attached hydrogens (tertiary/aromatic N) is 1. The Balaban J connectivity index is 3.30. The number of pyridine rings is 1. The van der Waals surface area contributed by atoms with Gasteiger partial charge in [0.15, 0.2) is 14.9 Å². The molecule has 0 N–H and O–H groups in total. The summed E-state index contributed by atoms with van der Waals surface area (Å²) >= 11 is 3.13. The summed E-state index contributed by atoms with van der Waals surface area (Å²) in [5, 5.41) is 0.118. The minimum Gasteiger partial charge on any atom is -0.244 e. The SMILES string of the molecule is CCS(=O)(=O)c1ncccc1Br. The first kappa shape index (κ1) is 9.67. The number of sulfone groups is 1. The van der Waals surface area contributed by atoms with E-state index in [1.165, 1.54) is 6.20 Å². The van der Waals surface area contributed by atoms with Crippen molar-refractivity contribution in [3.8, 4) is 0 Å². The van der Waals surface area contributed by atoms with Crippen molar-refractivity contribution < 1.29 is 8.42 Å². The zero-order valence-electron chi connectivity index (χ0n) is 6.49. The average Bonchev–Trinajstić information content (AvgIpc) is 2.05. The summed E-state index contributed by atoms with van der Waals surface area (Å²) in [6.45, 7) is 1.59. The highest BCUT2D eigenvalue weighted by molar-refractivity contribution is 9.10. The molecule has 0 aliphatic heterocycles. The van der Waals surface area contributed by atoms with Crippen LogP contribution in [0.2, 0.25) is 0 Å². The molecule has 0 amide bonds. The molecule has 5 heteroatoms. The average molecular weight is 250 g/mol. The first-order chi connectivity index (χ1) is 5.58. The Bertz CT molecular complexity index is 375. The van der Waals surface area contributed by atoms with E-state index in [9.17, 15) is 8.42 Å². The van der Waals surface area contributed by atoms with E-state index in [-0.39, 0.29) is 10.8 Å². The number of hydrogen-bond donors (Lipinski definition) is 0. The van der Waals surface area contributed by atoms with Crippen molar-refractivity contribution in [3.05, 3.63) is 22.8 Å². The maximum Gasteiger partial charge on any atom is 0.196 e. The van der Waals surface area contributed by atoms with E-state index in [0.29, 0.717) is 4.47 Å². The molecule has 66 valence electrons. The van der Waals surface area contributed by atoms with Gasteiger partial charge >= 0.3 is 0 Å². The fourth-order valence-electron chi connectivity index (χ4n) is 0.737. The van der Waals surface area contributed by atoms with Crippen molar-refractivity contribution >= 4 is 25.8 Å². The molecule has 12 heavy (non-hydrogen) atoms. The Morgan fingerprint density at radius 3 is 2.75 bits per heavy atom. The van der Waals surface area contributed by atoms with Gasteiger partial charge in [0.05, 0.1) is 10.2 Å². The van der Waals surface area contributed by atoms with Gasteiger partial charge in [0.1, 0.15) is 0 Å². The monoisotopic (exact) mass is 249 g/mol. The molecule has 0 aliphatic carbocycles. The molecule has 0 atom stereocenters. The lowest BCUT2D eigenvalue weighted by atomic mass is 10.5. The normalized spacial score (nSPS) is 11.5. The zero-order valence-corrected chi connectivity index (χ0v) is 8.89. The maximum absolute atomic E-state index is 11.3. The predicted octanol–water partition coefficient (Wildman–Crippen LogP) is 1.64. The van der Waals surface area contributed by atoms with Crippen LogP contribution in [0.5, 0.6) is 0 Å². The van der Waals surface area contributed by atoms with Gasteiger partial charge in [0.25, 0.3) is 0 Å². The van der Waals surface area contributed by atoms with E-state index in [2.05, 4.69) is 20.9 Å². The highest BCUT2D eigenvalue weighted by atomic mass is 79.9. The molecule has 0 saturated heterocycles. The Morgan fingerprint density at radius 2 is 2.25 bits per heavy atom. The molecule has 0 fully saturated rings. The third-order valence-electron chi connectivity index (χ3n) is 1.40. The predicted molar refractivity (Wildman–Crippen MR) is 49.7 cm³/mol. The quantitative estimate of drug-likeness (QED) is 0.801. The summed E-state index contributed by atoms with van der Waals surface area (Å²) in [6.07, 6.45) is 1.47. The molecule has 0 radical (unpaired) electrons. The fraction of sp³-hybridized carbons (Fsp3) is 0.286. The van der Waals surface area contributed by atoms with Crippen molar-refractivity contribution in [2.24, 2.45) is 0 Å². The van der Waals surface area contributed by atoms with Crippen LogP contribution in [-0.4, -0.2) is 19.2 Å². The molecule has 0 unspecified atom stereocenters. The maximum atomic E-state index is 11.3. The van der Waals surface area contributed by atoms with Crippen LogP contribution in [0.1, 0.15) is 6.92 Å². The highest BCUT2D eigenvalue weighted by Gasteiger charge is 2.15. The Morgan fingerprint density at radius 1 is 1.58 bits per heavy atom. The minimum absolute atomic E-state index is 0.0720. The largest absolute Gasteiger partial charge is 0.244 e. The molecule has 1 rings (SSSR count). The lowest BCUT2D eigenvalue weighted by Gasteiger charge is -2.00. The molecule has 0 bridgehead atoms. The van der Waals surface area contributed by atoms with Crippen molar-refractivity contribution in [1.29, 1.82) is 0 Å². The number of halogens is 1. The Labute approximate surface area is 79.9 Å². The molecule has 0 aromatic carbocycles. The van der Waals surface area contributed by atoms with E-state index in [4.69, 9.17) is 0 Å². The zero-order chi connectivity index (χ0) is 9.19. The third-order valence-corrected chi connectivity index (χ3v) is 3.98. The van der Waals surface area contributed by atoms with Gasteiger partial charge in [-0.3, -0.25) is 0 Å². The van der Waals surface area contributed by atoms with E-state index >= 15 is 0 Å². The number of aromatic nitrogens is 1. The smallest absolute Gasteiger partial charge is 0.196 e. The lowest BCUT2D eigenvalue weighted by Crippen LogP contribution is -2.06. The van der Waals surface area contributed by atoms with Gasteiger partial charge in [0.2, 0.25) is 0 Å². The molecular weight excluding hydrogens is 242 g/mol. The molecule has 0 aliphatic rings.